The number of rotatable bonds is 5. The van der Waals surface area contributed by atoms with E-state index in [0.717, 1.165) is 0 Å². The molecule has 8 heteroatoms. The molecule has 1 N–H and O–H groups in total. The van der Waals surface area contributed by atoms with Gasteiger partial charge in [0, 0.05) is 11.8 Å². The Labute approximate surface area is 114 Å². The number of halogens is 3. The van der Waals surface area contributed by atoms with E-state index < -0.39 is 10.5 Å². The molecule has 1 rings (SSSR count). The van der Waals surface area contributed by atoms with E-state index in [4.69, 9.17) is 34.8 Å². The van der Waals surface area contributed by atoms with Crippen molar-refractivity contribution in [2.75, 3.05) is 5.88 Å². The normalized spacial score (nSPS) is 13.2. The average Bonchev–Trinajstić information content (AvgIpc) is 2.78. The van der Waals surface area contributed by atoms with Crippen LogP contribution in [0.1, 0.15) is 13.1 Å². The third-order valence-electron chi connectivity index (χ3n) is 1.94. The van der Waals surface area contributed by atoms with Crippen LogP contribution in [0.15, 0.2) is 24.5 Å². The quantitative estimate of drug-likeness (QED) is 0.667. The Kier molecular flexibility index (Phi) is 4.80. The zero-order chi connectivity index (χ0) is 13.1. The highest BCUT2D eigenvalue weighted by Gasteiger charge is 2.37. The first-order chi connectivity index (χ1) is 7.88. The van der Waals surface area contributed by atoms with Crippen LogP contribution in [-0.4, -0.2) is 31.1 Å². The molecule has 0 saturated heterocycles. The van der Waals surface area contributed by atoms with Gasteiger partial charge in [-0.3, -0.25) is 4.79 Å². The molecule has 0 aliphatic carbocycles. The van der Waals surface area contributed by atoms with Crippen LogP contribution in [0, 0.1) is 0 Å². The van der Waals surface area contributed by atoms with Gasteiger partial charge in [-0.15, -0.1) is 16.7 Å². The van der Waals surface area contributed by atoms with Crippen LogP contribution in [-0.2, 0) is 4.79 Å². The topological polar surface area (TPSA) is 59.8 Å². The molecule has 0 radical (unpaired) electrons. The van der Waals surface area contributed by atoms with Crippen molar-refractivity contribution in [2.45, 2.75) is 17.4 Å². The van der Waals surface area contributed by atoms with Crippen molar-refractivity contribution in [3.8, 4) is 0 Å². The summed E-state index contributed by atoms with van der Waals surface area (Å²) in [7, 11) is 0. The lowest BCUT2D eigenvalue weighted by Crippen LogP contribution is -2.44. The summed E-state index contributed by atoms with van der Waals surface area (Å²) in [4.78, 5) is 11.6. The van der Waals surface area contributed by atoms with E-state index >= 15 is 0 Å². The monoisotopic (exact) mass is 296 g/mol. The van der Waals surface area contributed by atoms with Crippen LogP contribution in [0.3, 0.4) is 0 Å². The van der Waals surface area contributed by atoms with Crippen molar-refractivity contribution < 1.29 is 4.79 Å². The van der Waals surface area contributed by atoms with Gasteiger partial charge in [0.2, 0.25) is 5.91 Å². The fourth-order valence-electron chi connectivity index (χ4n) is 1.04. The first-order valence-corrected chi connectivity index (χ1v) is 5.93. The molecular formula is C9H11Cl3N4O. The van der Waals surface area contributed by atoms with Gasteiger partial charge in [0.15, 0.2) is 10.5 Å². The predicted octanol–water partition coefficient (Wildman–Crippen LogP) is 1.88. The number of carbonyl (C=O) groups is 1. The highest BCUT2D eigenvalue weighted by atomic mass is 35.5. The molecule has 1 heterocycles. The average molecular weight is 298 g/mol. The molecule has 0 fully saturated rings. The maximum atomic E-state index is 11.6. The van der Waals surface area contributed by atoms with Gasteiger partial charge in [-0.1, -0.05) is 35.0 Å². The standard InChI is InChI=1S/C9H11Cl3N4O/c1-6(2)7(17)14-8(9(11,12)5-10)16-4-3-13-15-16/h3-4,8H,1,5H2,2H3,(H,14,17). The number of nitrogens with one attached hydrogen (secondary N) is 1. The van der Waals surface area contributed by atoms with Gasteiger partial charge in [0.25, 0.3) is 0 Å². The molecule has 1 atom stereocenters. The zero-order valence-electron chi connectivity index (χ0n) is 9.03. The summed E-state index contributed by atoms with van der Waals surface area (Å²) in [6, 6.07) is 0. The Morgan fingerprint density at radius 2 is 2.29 bits per heavy atom. The Morgan fingerprint density at radius 3 is 2.71 bits per heavy atom. The summed E-state index contributed by atoms with van der Waals surface area (Å²) < 4.78 is -0.0798. The molecule has 94 valence electrons. The highest BCUT2D eigenvalue weighted by molar-refractivity contribution is 6.51. The predicted molar refractivity (Wildman–Crippen MR) is 67.2 cm³/mol. The minimum atomic E-state index is -1.40. The SMILES string of the molecule is C=C(C)C(=O)NC(n1ccnn1)C(Cl)(Cl)CCl. The number of aromatic nitrogens is 3. The van der Waals surface area contributed by atoms with E-state index in [-0.39, 0.29) is 11.8 Å². The summed E-state index contributed by atoms with van der Waals surface area (Å²) in [6.45, 7) is 5.09. The molecule has 5 nitrogen and oxygen atoms in total. The largest absolute Gasteiger partial charge is 0.328 e. The molecule has 1 unspecified atom stereocenters. The second-order valence-corrected chi connectivity index (χ2v) is 5.24. The Morgan fingerprint density at radius 1 is 1.65 bits per heavy atom. The fraction of sp³-hybridized carbons (Fsp3) is 0.444. The Balaban J connectivity index is 2.96. The summed E-state index contributed by atoms with van der Waals surface area (Å²) in [5, 5.41) is 9.94. The van der Waals surface area contributed by atoms with E-state index in [1.54, 1.807) is 6.92 Å². The van der Waals surface area contributed by atoms with Gasteiger partial charge < -0.3 is 5.32 Å². The molecule has 0 aliphatic heterocycles. The summed E-state index contributed by atoms with van der Waals surface area (Å²) >= 11 is 17.7. The molecule has 0 saturated carbocycles. The van der Waals surface area contributed by atoms with Crippen LogP contribution in [0.25, 0.3) is 0 Å². The molecule has 17 heavy (non-hydrogen) atoms. The first-order valence-electron chi connectivity index (χ1n) is 4.64. The van der Waals surface area contributed by atoms with Crippen LogP contribution >= 0.6 is 34.8 Å². The molecule has 0 aliphatic rings. The van der Waals surface area contributed by atoms with Crippen molar-refractivity contribution in [3.63, 3.8) is 0 Å². The smallest absolute Gasteiger partial charge is 0.248 e. The van der Waals surface area contributed by atoms with Gasteiger partial charge in [0.1, 0.15) is 0 Å². The van der Waals surface area contributed by atoms with Gasteiger partial charge in [-0.05, 0) is 6.92 Å². The van der Waals surface area contributed by atoms with E-state index in [2.05, 4.69) is 22.2 Å². The molecular weight excluding hydrogens is 286 g/mol. The third-order valence-corrected chi connectivity index (χ3v) is 3.31. The molecule has 0 spiro atoms. The van der Waals surface area contributed by atoms with E-state index in [0.29, 0.717) is 5.57 Å². The van der Waals surface area contributed by atoms with Gasteiger partial charge in [-0.25, -0.2) is 4.68 Å². The lowest BCUT2D eigenvalue weighted by atomic mass is 10.3. The Hall–Kier alpha value is -0.780. The lowest BCUT2D eigenvalue weighted by molar-refractivity contribution is -0.118. The van der Waals surface area contributed by atoms with Crippen LogP contribution in [0.5, 0.6) is 0 Å². The van der Waals surface area contributed by atoms with Crippen LogP contribution in [0.4, 0.5) is 0 Å². The highest BCUT2D eigenvalue weighted by Crippen LogP contribution is 2.33. The molecule has 1 aromatic heterocycles. The van der Waals surface area contributed by atoms with Crippen molar-refractivity contribution in [3.05, 3.63) is 24.5 Å². The van der Waals surface area contributed by atoms with Crippen LogP contribution in [0.2, 0.25) is 0 Å². The van der Waals surface area contributed by atoms with Gasteiger partial charge in [0.05, 0.1) is 12.1 Å². The van der Waals surface area contributed by atoms with Crippen molar-refractivity contribution in [2.24, 2.45) is 0 Å². The van der Waals surface area contributed by atoms with Crippen molar-refractivity contribution in [1.82, 2.24) is 20.3 Å². The first kappa shape index (κ1) is 14.3. The maximum Gasteiger partial charge on any atom is 0.248 e. The number of hydrogen-bond donors (Lipinski definition) is 1. The number of hydrogen-bond acceptors (Lipinski definition) is 3. The number of nitrogens with zero attached hydrogens (tertiary/aromatic N) is 3. The number of amides is 1. The van der Waals surface area contributed by atoms with E-state index in [1.165, 1.54) is 17.1 Å². The van der Waals surface area contributed by atoms with E-state index in [1.807, 2.05) is 0 Å². The number of carbonyl (C=O) groups excluding carboxylic acids is 1. The summed E-state index contributed by atoms with van der Waals surface area (Å²) in [6.07, 6.45) is 2.14. The third kappa shape index (κ3) is 3.59. The van der Waals surface area contributed by atoms with Crippen LogP contribution < -0.4 is 5.32 Å². The second-order valence-electron chi connectivity index (χ2n) is 3.43. The number of alkyl halides is 3. The van der Waals surface area contributed by atoms with Crippen molar-refractivity contribution >= 4 is 40.7 Å². The summed E-state index contributed by atoms with van der Waals surface area (Å²) in [5.74, 6) is -0.474. The van der Waals surface area contributed by atoms with Gasteiger partial charge >= 0.3 is 0 Å². The van der Waals surface area contributed by atoms with Gasteiger partial charge in [-0.2, -0.15) is 0 Å². The molecule has 0 bridgehead atoms. The lowest BCUT2D eigenvalue weighted by Gasteiger charge is -2.28. The zero-order valence-corrected chi connectivity index (χ0v) is 11.3. The second kappa shape index (κ2) is 5.71. The molecule has 0 aromatic carbocycles. The fourth-order valence-corrected chi connectivity index (χ4v) is 1.50. The molecule has 1 amide bonds. The minimum Gasteiger partial charge on any atom is -0.328 e. The molecule has 1 aromatic rings. The summed E-state index contributed by atoms with van der Waals surface area (Å²) in [5.41, 5.74) is 0.328. The minimum absolute atomic E-state index is 0.0862. The Bertz CT molecular complexity index is 404. The van der Waals surface area contributed by atoms with E-state index in [9.17, 15) is 4.79 Å². The van der Waals surface area contributed by atoms with Crippen molar-refractivity contribution in [1.29, 1.82) is 0 Å². The maximum absolute atomic E-state index is 11.6.